The molecule has 4 nitrogen and oxygen atoms in total. The summed E-state index contributed by atoms with van der Waals surface area (Å²) in [5.41, 5.74) is 7.09. The SMILES string of the molecule is [C-]#[N+]c1cc(N)ccc1COC=O. The Balaban J connectivity index is 2.94. The van der Waals surface area contributed by atoms with Gasteiger partial charge in [0, 0.05) is 5.69 Å². The summed E-state index contributed by atoms with van der Waals surface area (Å²) < 4.78 is 4.54. The number of ether oxygens (including phenoxy) is 1. The van der Waals surface area contributed by atoms with Crippen LogP contribution in [0.4, 0.5) is 11.4 Å². The molecule has 4 heteroatoms. The maximum Gasteiger partial charge on any atom is 0.293 e. The molecule has 0 aromatic heterocycles. The maximum absolute atomic E-state index is 9.92. The van der Waals surface area contributed by atoms with Crippen molar-refractivity contribution in [1.82, 2.24) is 0 Å². The molecule has 66 valence electrons. The first-order chi connectivity index (χ1) is 6.27. The number of nitrogen functional groups attached to an aromatic ring is 1. The van der Waals surface area contributed by atoms with E-state index in [0.29, 0.717) is 23.4 Å². The van der Waals surface area contributed by atoms with E-state index in [2.05, 4.69) is 9.58 Å². The summed E-state index contributed by atoms with van der Waals surface area (Å²) in [5, 5.41) is 0. The van der Waals surface area contributed by atoms with E-state index in [1.54, 1.807) is 18.2 Å². The van der Waals surface area contributed by atoms with Gasteiger partial charge in [0.25, 0.3) is 6.47 Å². The molecule has 2 N–H and O–H groups in total. The molecule has 0 amide bonds. The summed E-state index contributed by atoms with van der Waals surface area (Å²) >= 11 is 0. The number of anilines is 1. The van der Waals surface area contributed by atoms with Crippen molar-refractivity contribution < 1.29 is 9.53 Å². The highest BCUT2D eigenvalue weighted by Crippen LogP contribution is 2.22. The van der Waals surface area contributed by atoms with Crippen molar-refractivity contribution in [2.24, 2.45) is 0 Å². The molecule has 0 radical (unpaired) electrons. The lowest BCUT2D eigenvalue weighted by Gasteiger charge is -2.02. The van der Waals surface area contributed by atoms with Gasteiger partial charge < -0.3 is 10.5 Å². The minimum absolute atomic E-state index is 0.113. The van der Waals surface area contributed by atoms with Crippen LogP contribution in [0.3, 0.4) is 0 Å². The van der Waals surface area contributed by atoms with Gasteiger partial charge in [-0.25, -0.2) is 4.85 Å². The highest BCUT2D eigenvalue weighted by Gasteiger charge is 2.02. The standard InChI is InChI=1S/C9H8N2O2/c1-11-9-4-8(10)3-2-7(9)5-13-6-12/h2-4,6H,5,10H2. The smallest absolute Gasteiger partial charge is 0.293 e. The van der Waals surface area contributed by atoms with E-state index >= 15 is 0 Å². The van der Waals surface area contributed by atoms with Gasteiger partial charge in [-0.05, 0) is 17.7 Å². The average Bonchev–Trinajstić information content (AvgIpc) is 2.16. The van der Waals surface area contributed by atoms with Crippen LogP contribution in [0.15, 0.2) is 18.2 Å². The fourth-order valence-corrected chi connectivity index (χ4v) is 0.931. The van der Waals surface area contributed by atoms with Crippen molar-refractivity contribution in [2.45, 2.75) is 6.61 Å². The minimum atomic E-state index is 0.113. The van der Waals surface area contributed by atoms with Gasteiger partial charge in [0.1, 0.15) is 6.61 Å². The fraction of sp³-hybridized carbons (Fsp3) is 0.111. The van der Waals surface area contributed by atoms with Crippen LogP contribution < -0.4 is 5.73 Å². The first kappa shape index (κ1) is 9.07. The van der Waals surface area contributed by atoms with E-state index in [9.17, 15) is 4.79 Å². The third-order valence-corrected chi connectivity index (χ3v) is 1.54. The second-order valence-corrected chi connectivity index (χ2v) is 2.41. The molecule has 1 aromatic carbocycles. The highest BCUT2D eigenvalue weighted by atomic mass is 16.5. The van der Waals surface area contributed by atoms with Crippen molar-refractivity contribution in [3.8, 4) is 0 Å². The van der Waals surface area contributed by atoms with E-state index < -0.39 is 0 Å². The van der Waals surface area contributed by atoms with Gasteiger partial charge in [0.2, 0.25) is 0 Å². The Morgan fingerprint density at radius 2 is 2.38 bits per heavy atom. The Labute approximate surface area is 75.7 Å². The summed E-state index contributed by atoms with van der Waals surface area (Å²) in [6.45, 7) is 7.31. The molecule has 0 saturated carbocycles. The third kappa shape index (κ3) is 2.20. The zero-order valence-corrected chi connectivity index (χ0v) is 6.86. The molecule has 1 rings (SSSR count). The second-order valence-electron chi connectivity index (χ2n) is 2.41. The van der Waals surface area contributed by atoms with Gasteiger partial charge in [-0.2, -0.15) is 0 Å². The monoisotopic (exact) mass is 176 g/mol. The van der Waals surface area contributed by atoms with Gasteiger partial charge in [0.05, 0.1) is 6.57 Å². The number of nitrogens with two attached hydrogens (primary N) is 1. The summed E-state index contributed by atoms with van der Waals surface area (Å²) in [4.78, 5) is 13.2. The zero-order valence-electron chi connectivity index (χ0n) is 6.86. The molecule has 0 unspecified atom stereocenters. The van der Waals surface area contributed by atoms with Crippen molar-refractivity contribution in [3.63, 3.8) is 0 Å². The maximum atomic E-state index is 9.92. The molecule has 0 aliphatic carbocycles. The summed E-state index contributed by atoms with van der Waals surface area (Å²) in [6, 6.07) is 4.89. The van der Waals surface area contributed by atoms with Crippen LogP contribution in [-0.4, -0.2) is 6.47 Å². The molecule has 0 aliphatic rings. The number of nitrogens with zero attached hydrogens (tertiary/aromatic N) is 1. The molecule has 0 heterocycles. The van der Waals surface area contributed by atoms with E-state index in [4.69, 9.17) is 12.3 Å². The lowest BCUT2D eigenvalue weighted by Crippen LogP contribution is -1.91. The zero-order chi connectivity index (χ0) is 9.68. The molecule has 0 spiro atoms. The Morgan fingerprint density at radius 3 is 3.00 bits per heavy atom. The first-order valence-electron chi connectivity index (χ1n) is 3.59. The largest absolute Gasteiger partial charge is 0.464 e. The predicted molar refractivity (Wildman–Crippen MR) is 48.0 cm³/mol. The quantitative estimate of drug-likeness (QED) is 0.431. The molecule has 0 aliphatic heterocycles. The lowest BCUT2D eigenvalue weighted by molar-refractivity contribution is -0.129. The highest BCUT2D eigenvalue weighted by molar-refractivity contribution is 5.60. The van der Waals surface area contributed by atoms with Gasteiger partial charge in [0.15, 0.2) is 5.69 Å². The van der Waals surface area contributed by atoms with Crippen LogP contribution in [0, 0.1) is 6.57 Å². The summed E-state index contributed by atoms with van der Waals surface area (Å²) in [5.74, 6) is 0. The predicted octanol–water partition coefficient (Wildman–Crippen LogP) is 1.49. The molecule has 0 bridgehead atoms. The van der Waals surface area contributed by atoms with Gasteiger partial charge in [-0.3, -0.25) is 4.79 Å². The number of carbonyl (C=O) groups excluding carboxylic acids is 1. The lowest BCUT2D eigenvalue weighted by atomic mass is 10.2. The fourth-order valence-electron chi connectivity index (χ4n) is 0.931. The van der Waals surface area contributed by atoms with Crippen LogP contribution in [0.5, 0.6) is 0 Å². The normalized spacial score (nSPS) is 8.85. The van der Waals surface area contributed by atoms with Gasteiger partial charge >= 0.3 is 0 Å². The van der Waals surface area contributed by atoms with E-state index in [1.807, 2.05) is 0 Å². The molecular formula is C9H8N2O2. The minimum Gasteiger partial charge on any atom is -0.464 e. The molecule has 0 atom stereocenters. The third-order valence-electron chi connectivity index (χ3n) is 1.54. The van der Waals surface area contributed by atoms with E-state index in [1.165, 1.54) is 0 Å². The molecular weight excluding hydrogens is 168 g/mol. The molecule has 1 aromatic rings. The van der Waals surface area contributed by atoms with Crippen LogP contribution in [0.1, 0.15) is 5.56 Å². The van der Waals surface area contributed by atoms with Crippen molar-refractivity contribution >= 4 is 17.8 Å². The topological polar surface area (TPSA) is 56.7 Å². The molecule has 0 fully saturated rings. The Morgan fingerprint density at radius 1 is 1.62 bits per heavy atom. The number of carbonyl (C=O) groups is 1. The Bertz CT molecular complexity index is 355. The van der Waals surface area contributed by atoms with Crippen LogP contribution in [0.25, 0.3) is 4.85 Å². The number of hydrogen-bond acceptors (Lipinski definition) is 3. The Hall–Kier alpha value is -2.02. The van der Waals surface area contributed by atoms with Crippen LogP contribution >= 0.6 is 0 Å². The van der Waals surface area contributed by atoms with Crippen molar-refractivity contribution in [2.75, 3.05) is 5.73 Å². The summed E-state index contributed by atoms with van der Waals surface area (Å²) in [7, 11) is 0. The van der Waals surface area contributed by atoms with Crippen LogP contribution in [-0.2, 0) is 16.1 Å². The molecule has 0 saturated heterocycles. The summed E-state index contributed by atoms with van der Waals surface area (Å²) in [6.07, 6.45) is 0. The van der Waals surface area contributed by atoms with Crippen LogP contribution in [0.2, 0.25) is 0 Å². The van der Waals surface area contributed by atoms with Crippen molar-refractivity contribution in [3.05, 3.63) is 35.2 Å². The second kappa shape index (κ2) is 4.12. The van der Waals surface area contributed by atoms with Gasteiger partial charge in [-0.1, -0.05) is 6.07 Å². The number of benzene rings is 1. The first-order valence-corrected chi connectivity index (χ1v) is 3.59. The average molecular weight is 176 g/mol. The van der Waals surface area contributed by atoms with E-state index in [0.717, 1.165) is 0 Å². The molecule has 13 heavy (non-hydrogen) atoms. The van der Waals surface area contributed by atoms with E-state index in [-0.39, 0.29) is 6.61 Å². The Kier molecular flexibility index (Phi) is 2.87. The van der Waals surface area contributed by atoms with Gasteiger partial charge in [-0.15, -0.1) is 0 Å². The number of rotatable bonds is 3. The van der Waals surface area contributed by atoms with Crippen molar-refractivity contribution in [1.29, 1.82) is 0 Å². The number of hydrogen-bond donors (Lipinski definition) is 1.